The summed E-state index contributed by atoms with van der Waals surface area (Å²) >= 11 is 5.98. The molecule has 0 saturated carbocycles. The quantitative estimate of drug-likeness (QED) is 0.151. The molecule has 0 amide bonds. The predicted molar refractivity (Wildman–Crippen MR) is 158 cm³/mol. The van der Waals surface area contributed by atoms with E-state index >= 15 is 4.39 Å². The second kappa shape index (κ2) is 12.0. The van der Waals surface area contributed by atoms with Crippen molar-refractivity contribution in [1.82, 2.24) is 9.55 Å². The highest BCUT2D eigenvalue weighted by Gasteiger charge is 2.54. The number of nitrogens with zero attached hydrogens (tertiary/aromatic N) is 2. The highest BCUT2D eigenvalue weighted by atomic mass is 35.5. The number of alkyl halides is 2. The zero-order valence-corrected chi connectivity index (χ0v) is 24.1. The lowest BCUT2D eigenvalue weighted by molar-refractivity contribution is -0.134. The van der Waals surface area contributed by atoms with Crippen molar-refractivity contribution in [3.05, 3.63) is 118 Å². The number of aromatic nitrogens is 2. The number of rotatable bonds is 10. The molecule has 1 fully saturated rings. The van der Waals surface area contributed by atoms with Crippen molar-refractivity contribution >= 4 is 23.7 Å². The van der Waals surface area contributed by atoms with Crippen LogP contribution in [-0.4, -0.2) is 47.7 Å². The van der Waals surface area contributed by atoms with Gasteiger partial charge in [-0.05, 0) is 47.0 Å². The van der Waals surface area contributed by atoms with E-state index in [1.54, 1.807) is 20.3 Å². The summed E-state index contributed by atoms with van der Waals surface area (Å²) in [5.41, 5.74) is -0.727. The fourth-order valence-electron chi connectivity index (χ4n) is 5.40. The van der Waals surface area contributed by atoms with Gasteiger partial charge in [0.1, 0.15) is 28.5 Å². The molecular formula is C32H31ClFN3O5. The smallest absolute Gasteiger partial charge is 0.351 e. The number of aldehydes is 1. The third-order valence-electron chi connectivity index (χ3n) is 7.94. The van der Waals surface area contributed by atoms with Gasteiger partial charge in [0.05, 0.1) is 20.1 Å². The van der Waals surface area contributed by atoms with Crippen molar-refractivity contribution in [2.24, 2.45) is 5.92 Å². The van der Waals surface area contributed by atoms with Gasteiger partial charge in [-0.2, -0.15) is 4.98 Å². The Morgan fingerprint density at radius 2 is 1.52 bits per heavy atom. The molecule has 4 atom stereocenters. The Hall–Kier alpha value is -4.21. The molecule has 0 spiro atoms. The number of carbonyl (C=O) groups excluding carboxylic acids is 1. The summed E-state index contributed by atoms with van der Waals surface area (Å²) in [6.45, 7) is 1.54. The summed E-state index contributed by atoms with van der Waals surface area (Å²) in [5, 5.41) is 3.52. The molecule has 0 bridgehead atoms. The first-order chi connectivity index (χ1) is 20.3. The topological polar surface area (TPSA) is 91.7 Å². The average Bonchev–Trinajstić information content (AvgIpc) is 3.30. The second-order valence-corrected chi connectivity index (χ2v) is 10.4. The van der Waals surface area contributed by atoms with Crippen LogP contribution in [0.4, 0.5) is 10.2 Å². The Labute approximate surface area is 248 Å². The molecule has 8 nitrogen and oxygen atoms in total. The molecule has 1 saturated heterocycles. The zero-order valence-electron chi connectivity index (χ0n) is 23.4. The number of anilines is 1. The molecule has 1 aliphatic rings. The van der Waals surface area contributed by atoms with E-state index < -0.39 is 35.1 Å². The fourth-order valence-corrected chi connectivity index (χ4v) is 5.77. The molecule has 1 aliphatic heterocycles. The van der Waals surface area contributed by atoms with Crippen LogP contribution in [0.25, 0.3) is 0 Å². The van der Waals surface area contributed by atoms with Gasteiger partial charge in [-0.15, -0.1) is 11.6 Å². The summed E-state index contributed by atoms with van der Waals surface area (Å²) in [5.74, 6) is 0.530. The predicted octanol–water partition coefficient (Wildman–Crippen LogP) is 5.34. The summed E-state index contributed by atoms with van der Waals surface area (Å²) in [6.07, 6.45) is -1.08. The molecule has 218 valence electrons. The van der Waals surface area contributed by atoms with E-state index in [2.05, 4.69) is 10.3 Å². The van der Waals surface area contributed by atoms with Gasteiger partial charge in [0.2, 0.25) is 0 Å². The molecule has 10 heteroatoms. The molecular weight excluding hydrogens is 561 g/mol. The lowest BCUT2D eigenvalue weighted by Crippen LogP contribution is -2.40. The van der Waals surface area contributed by atoms with Crippen molar-refractivity contribution in [2.45, 2.75) is 30.5 Å². The minimum absolute atomic E-state index is 0.236. The van der Waals surface area contributed by atoms with Crippen LogP contribution >= 0.6 is 11.6 Å². The SMILES string of the molecule is COc1ccc(C(Nc2ccn([C@@H]3O[C@@](C=O)(CCl)[C@@H](C)[C@H]3F)c(=O)n2)(c2ccccc2)c2ccc(OC)cc2)cc1. The Bertz CT molecular complexity index is 1540. The van der Waals surface area contributed by atoms with Gasteiger partial charge in [0.15, 0.2) is 18.7 Å². The van der Waals surface area contributed by atoms with Crippen LogP contribution in [-0.2, 0) is 15.1 Å². The van der Waals surface area contributed by atoms with E-state index in [-0.39, 0.29) is 11.7 Å². The summed E-state index contributed by atoms with van der Waals surface area (Å²) in [6, 6.07) is 26.5. The highest BCUT2D eigenvalue weighted by molar-refractivity contribution is 6.19. The van der Waals surface area contributed by atoms with Crippen molar-refractivity contribution < 1.29 is 23.4 Å². The lowest BCUT2D eigenvalue weighted by atomic mass is 9.77. The Kier molecular flexibility index (Phi) is 8.34. The number of methoxy groups -OCH3 is 2. The van der Waals surface area contributed by atoms with Crippen LogP contribution in [0.2, 0.25) is 0 Å². The van der Waals surface area contributed by atoms with Gasteiger partial charge >= 0.3 is 5.69 Å². The number of nitrogens with one attached hydrogen (secondary N) is 1. The number of hydrogen-bond acceptors (Lipinski definition) is 7. The number of hydrogen-bond donors (Lipinski definition) is 1. The molecule has 1 aromatic heterocycles. The number of benzene rings is 3. The normalized spacial score (nSPS) is 22.0. The standard InChI is InChI=1S/C32H31ClFN3O5/c1-21-28(34)29(42-31(21,19-33)20-38)37-18-17-27(35-30(37)39)36-32(22-7-5-4-6-8-22,23-9-13-25(40-2)14-10-23)24-11-15-26(41-3)16-12-24/h4-18,20-21,28-29H,19H2,1-3H3,(H,35,36,39)/t21-,28+,29+,31+/m0/s1. The Balaban J connectivity index is 1.63. The monoisotopic (exact) mass is 591 g/mol. The third kappa shape index (κ3) is 5.03. The van der Waals surface area contributed by atoms with Gasteiger partial charge in [0.25, 0.3) is 0 Å². The van der Waals surface area contributed by atoms with Crippen LogP contribution < -0.4 is 20.5 Å². The highest BCUT2D eigenvalue weighted by Crippen LogP contribution is 2.43. The molecule has 42 heavy (non-hydrogen) atoms. The first-order valence-electron chi connectivity index (χ1n) is 13.4. The van der Waals surface area contributed by atoms with Gasteiger partial charge < -0.3 is 24.3 Å². The molecule has 4 aromatic rings. The fraction of sp³-hybridized carbons (Fsp3) is 0.281. The molecule has 2 heterocycles. The molecule has 3 aromatic carbocycles. The molecule has 0 aliphatic carbocycles. The molecule has 0 radical (unpaired) electrons. The first-order valence-corrected chi connectivity index (χ1v) is 13.9. The van der Waals surface area contributed by atoms with Crippen molar-refractivity contribution in [3.63, 3.8) is 0 Å². The van der Waals surface area contributed by atoms with E-state index in [1.165, 1.54) is 13.1 Å². The lowest BCUT2D eigenvalue weighted by Gasteiger charge is -2.37. The van der Waals surface area contributed by atoms with Gasteiger partial charge in [-0.3, -0.25) is 4.57 Å². The largest absolute Gasteiger partial charge is 0.497 e. The third-order valence-corrected chi connectivity index (χ3v) is 8.36. The molecule has 0 unspecified atom stereocenters. The van der Waals surface area contributed by atoms with E-state index in [0.29, 0.717) is 17.8 Å². The van der Waals surface area contributed by atoms with E-state index in [4.69, 9.17) is 25.8 Å². The Morgan fingerprint density at radius 3 is 1.98 bits per heavy atom. The van der Waals surface area contributed by atoms with E-state index in [1.807, 2.05) is 78.9 Å². The second-order valence-electron chi connectivity index (χ2n) is 10.1. The number of carbonyl (C=O) groups is 1. The maximum absolute atomic E-state index is 15.3. The summed E-state index contributed by atoms with van der Waals surface area (Å²) < 4.78 is 32.9. The van der Waals surface area contributed by atoms with Crippen molar-refractivity contribution in [1.29, 1.82) is 0 Å². The van der Waals surface area contributed by atoms with Gasteiger partial charge in [0, 0.05) is 12.1 Å². The van der Waals surface area contributed by atoms with Crippen LogP contribution in [0, 0.1) is 5.92 Å². The van der Waals surface area contributed by atoms with Crippen LogP contribution in [0.15, 0.2) is 95.9 Å². The summed E-state index contributed by atoms with van der Waals surface area (Å²) in [7, 11) is 3.20. The molecule has 1 N–H and O–H groups in total. The van der Waals surface area contributed by atoms with E-state index in [9.17, 15) is 9.59 Å². The van der Waals surface area contributed by atoms with Gasteiger partial charge in [-0.25, -0.2) is 9.18 Å². The number of halogens is 2. The maximum atomic E-state index is 15.3. The minimum atomic E-state index is -1.64. The minimum Gasteiger partial charge on any atom is -0.497 e. The summed E-state index contributed by atoms with van der Waals surface area (Å²) in [4.78, 5) is 29.4. The van der Waals surface area contributed by atoms with E-state index in [0.717, 1.165) is 21.3 Å². The zero-order chi connectivity index (χ0) is 29.9. The van der Waals surface area contributed by atoms with Crippen LogP contribution in [0.5, 0.6) is 11.5 Å². The first kappa shape index (κ1) is 29.3. The number of ether oxygens (including phenoxy) is 3. The van der Waals surface area contributed by atoms with Crippen molar-refractivity contribution in [3.8, 4) is 11.5 Å². The van der Waals surface area contributed by atoms with Crippen LogP contribution in [0.3, 0.4) is 0 Å². The molecule has 5 rings (SSSR count). The van der Waals surface area contributed by atoms with Gasteiger partial charge in [-0.1, -0.05) is 61.5 Å². The average molecular weight is 592 g/mol. The van der Waals surface area contributed by atoms with Crippen LogP contribution in [0.1, 0.15) is 29.8 Å². The van der Waals surface area contributed by atoms with Crippen molar-refractivity contribution in [2.75, 3.05) is 25.4 Å². The Morgan fingerprint density at radius 1 is 0.976 bits per heavy atom. The maximum Gasteiger partial charge on any atom is 0.351 e.